The van der Waals surface area contributed by atoms with Crippen LogP contribution in [0.1, 0.15) is 12.6 Å². The summed E-state index contributed by atoms with van der Waals surface area (Å²) in [6, 6.07) is 14.0. The maximum absolute atomic E-state index is 12.1. The first-order valence-corrected chi connectivity index (χ1v) is 9.41. The molecule has 29 heavy (non-hydrogen) atoms. The molecule has 0 saturated carbocycles. The van der Waals surface area contributed by atoms with Gasteiger partial charge in [0.15, 0.2) is 0 Å². The van der Waals surface area contributed by atoms with Gasteiger partial charge in [-0.1, -0.05) is 11.6 Å². The molecule has 7 nitrogen and oxygen atoms in total. The Labute approximate surface area is 173 Å². The van der Waals surface area contributed by atoms with Crippen LogP contribution in [0.15, 0.2) is 59.2 Å². The van der Waals surface area contributed by atoms with Crippen LogP contribution in [0.4, 0.5) is 5.69 Å². The number of oxazole rings is 1. The summed E-state index contributed by atoms with van der Waals surface area (Å²) in [4.78, 5) is 28.3. The number of amides is 2. The molecule has 0 saturated heterocycles. The van der Waals surface area contributed by atoms with Crippen molar-refractivity contribution >= 4 is 29.1 Å². The van der Waals surface area contributed by atoms with E-state index in [4.69, 9.17) is 20.8 Å². The van der Waals surface area contributed by atoms with Crippen LogP contribution < -0.4 is 15.4 Å². The Hall–Kier alpha value is -3.32. The average molecular weight is 414 g/mol. The van der Waals surface area contributed by atoms with E-state index in [1.807, 2.05) is 6.92 Å². The molecular formula is C21H20ClN3O4. The Balaban J connectivity index is 1.46. The van der Waals surface area contributed by atoms with Crippen LogP contribution in [0.3, 0.4) is 0 Å². The Morgan fingerprint density at radius 3 is 2.48 bits per heavy atom. The molecule has 0 radical (unpaired) electrons. The van der Waals surface area contributed by atoms with E-state index < -0.39 is 0 Å². The van der Waals surface area contributed by atoms with Crippen LogP contribution in [-0.2, 0) is 16.0 Å². The smallest absolute Gasteiger partial charge is 0.243 e. The van der Waals surface area contributed by atoms with E-state index in [1.54, 1.807) is 48.5 Å². The summed E-state index contributed by atoms with van der Waals surface area (Å²) < 4.78 is 10.7. The van der Waals surface area contributed by atoms with Crippen molar-refractivity contribution in [3.63, 3.8) is 0 Å². The van der Waals surface area contributed by atoms with Gasteiger partial charge in [-0.3, -0.25) is 9.59 Å². The second-order valence-electron chi connectivity index (χ2n) is 6.11. The van der Waals surface area contributed by atoms with Gasteiger partial charge in [-0.2, -0.15) is 0 Å². The second kappa shape index (κ2) is 9.75. The van der Waals surface area contributed by atoms with Gasteiger partial charge in [-0.05, 0) is 55.5 Å². The van der Waals surface area contributed by atoms with Gasteiger partial charge in [-0.15, -0.1) is 0 Å². The highest BCUT2D eigenvalue weighted by Crippen LogP contribution is 2.21. The summed E-state index contributed by atoms with van der Waals surface area (Å²) in [5, 5.41) is 5.89. The van der Waals surface area contributed by atoms with E-state index in [1.165, 1.54) is 6.26 Å². The van der Waals surface area contributed by atoms with Gasteiger partial charge < -0.3 is 19.8 Å². The SMILES string of the molecule is CCOc1ccc(NC(=O)CNC(=O)Cc2coc(-c3ccc(Cl)cc3)n2)cc1. The summed E-state index contributed by atoms with van der Waals surface area (Å²) in [5.41, 5.74) is 1.85. The highest BCUT2D eigenvalue weighted by Gasteiger charge is 2.12. The third-order valence-corrected chi connectivity index (χ3v) is 4.13. The molecule has 1 aromatic heterocycles. The van der Waals surface area contributed by atoms with Gasteiger partial charge in [-0.25, -0.2) is 4.98 Å². The number of nitrogens with one attached hydrogen (secondary N) is 2. The summed E-state index contributed by atoms with van der Waals surface area (Å²) in [6.45, 7) is 2.33. The van der Waals surface area contributed by atoms with Gasteiger partial charge >= 0.3 is 0 Å². The fourth-order valence-corrected chi connectivity index (χ4v) is 2.65. The summed E-state index contributed by atoms with van der Waals surface area (Å²) in [5.74, 6) is 0.467. The minimum Gasteiger partial charge on any atom is -0.494 e. The number of hydrogen-bond donors (Lipinski definition) is 2. The number of hydrogen-bond acceptors (Lipinski definition) is 5. The number of aromatic nitrogens is 1. The number of ether oxygens (including phenoxy) is 1. The molecule has 0 atom stereocenters. The lowest BCUT2D eigenvalue weighted by atomic mass is 10.2. The van der Waals surface area contributed by atoms with Gasteiger partial charge in [0.1, 0.15) is 12.0 Å². The first-order chi connectivity index (χ1) is 14.0. The van der Waals surface area contributed by atoms with Crippen molar-refractivity contribution in [3.8, 4) is 17.2 Å². The molecule has 2 amide bonds. The Bertz CT molecular complexity index is 968. The fourth-order valence-electron chi connectivity index (χ4n) is 2.53. The molecule has 0 fully saturated rings. The van der Waals surface area contributed by atoms with Crippen molar-refractivity contribution in [2.75, 3.05) is 18.5 Å². The molecule has 0 bridgehead atoms. The van der Waals surface area contributed by atoms with E-state index in [9.17, 15) is 9.59 Å². The zero-order valence-electron chi connectivity index (χ0n) is 15.8. The lowest BCUT2D eigenvalue weighted by molar-refractivity contribution is -0.123. The molecule has 8 heteroatoms. The van der Waals surface area contributed by atoms with Crippen molar-refractivity contribution in [2.24, 2.45) is 0 Å². The molecule has 0 unspecified atom stereocenters. The first kappa shape index (κ1) is 20.4. The molecule has 0 aliphatic rings. The average Bonchev–Trinajstić information content (AvgIpc) is 3.17. The molecule has 0 aliphatic heterocycles. The summed E-state index contributed by atoms with van der Waals surface area (Å²) >= 11 is 5.86. The third-order valence-electron chi connectivity index (χ3n) is 3.88. The molecule has 3 rings (SSSR count). The molecule has 3 aromatic rings. The number of benzene rings is 2. The van der Waals surface area contributed by atoms with Crippen molar-refractivity contribution in [1.29, 1.82) is 0 Å². The lowest BCUT2D eigenvalue weighted by Crippen LogP contribution is -2.33. The molecule has 0 spiro atoms. The van der Waals surface area contributed by atoms with E-state index in [-0.39, 0.29) is 24.8 Å². The predicted molar refractivity (Wildman–Crippen MR) is 110 cm³/mol. The topological polar surface area (TPSA) is 93.5 Å². The largest absolute Gasteiger partial charge is 0.494 e. The van der Waals surface area contributed by atoms with E-state index in [2.05, 4.69) is 15.6 Å². The van der Waals surface area contributed by atoms with Crippen LogP contribution in [-0.4, -0.2) is 29.9 Å². The zero-order valence-corrected chi connectivity index (χ0v) is 16.5. The summed E-state index contributed by atoms with van der Waals surface area (Å²) in [7, 11) is 0. The Kier molecular flexibility index (Phi) is 6.86. The van der Waals surface area contributed by atoms with E-state index in [0.29, 0.717) is 28.9 Å². The number of carbonyl (C=O) groups is 2. The first-order valence-electron chi connectivity index (χ1n) is 9.03. The van der Waals surface area contributed by atoms with Crippen LogP contribution in [0, 0.1) is 0 Å². The molecule has 150 valence electrons. The normalized spacial score (nSPS) is 10.4. The standard InChI is InChI=1S/C21H20ClN3O4/c1-2-28-18-9-7-16(8-10-18)24-20(27)12-23-19(26)11-17-13-29-21(25-17)14-3-5-15(22)6-4-14/h3-10,13H,2,11-12H2,1H3,(H,23,26)(H,24,27). The molecule has 0 aliphatic carbocycles. The third kappa shape index (κ3) is 6.08. The van der Waals surface area contributed by atoms with Crippen LogP contribution >= 0.6 is 11.6 Å². The molecule has 2 N–H and O–H groups in total. The van der Waals surface area contributed by atoms with Crippen LogP contribution in [0.2, 0.25) is 5.02 Å². The minimum atomic E-state index is -0.331. The minimum absolute atomic E-state index is 0.00736. The van der Waals surface area contributed by atoms with E-state index >= 15 is 0 Å². The fraction of sp³-hybridized carbons (Fsp3) is 0.190. The zero-order chi connectivity index (χ0) is 20.6. The van der Waals surface area contributed by atoms with Gasteiger partial charge in [0.2, 0.25) is 17.7 Å². The van der Waals surface area contributed by atoms with Crippen molar-refractivity contribution in [1.82, 2.24) is 10.3 Å². The monoisotopic (exact) mass is 413 g/mol. The molecule has 2 aromatic carbocycles. The van der Waals surface area contributed by atoms with Crippen LogP contribution in [0.5, 0.6) is 5.75 Å². The maximum atomic E-state index is 12.1. The lowest BCUT2D eigenvalue weighted by Gasteiger charge is -2.08. The molecular weight excluding hydrogens is 394 g/mol. The van der Waals surface area contributed by atoms with Gasteiger partial charge in [0.05, 0.1) is 25.3 Å². The molecule has 1 heterocycles. The quantitative estimate of drug-likeness (QED) is 0.587. The number of halogens is 1. The van der Waals surface area contributed by atoms with E-state index in [0.717, 1.165) is 11.3 Å². The van der Waals surface area contributed by atoms with Gasteiger partial charge in [0.25, 0.3) is 0 Å². The maximum Gasteiger partial charge on any atom is 0.243 e. The van der Waals surface area contributed by atoms with Crippen LogP contribution in [0.25, 0.3) is 11.5 Å². The van der Waals surface area contributed by atoms with Gasteiger partial charge in [0, 0.05) is 16.3 Å². The highest BCUT2D eigenvalue weighted by atomic mass is 35.5. The van der Waals surface area contributed by atoms with Crippen molar-refractivity contribution in [2.45, 2.75) is 13.3 Å². The number of anilines is 1. The highest BCUT2D eigenvalue weighted by molar-refractivity contribution is 6.30. The van der Waals surface area contributed by atoms with Crippen molar-refractivity contribution < 1.29 is 18.7 Å². The van der Waals surface area contributed by atoms with Crippen molar-refractivity contribution in [3.05, 3.63) is 65.5 Å². The second-order valence-corrected chi connectivity index (χ2v) is 6.55. The predicted octanol–water partition coefficient (Wildman–Crippen LogP) is 3.69. The Morgan fingerprint density at radius 2 is 1.79 bits per heavy atom. The number of carbonyl (C=O) groups excluding carboxylic acids is 2. The number of rotatable bonds is 8. The summed E-state index contributed by atoms with van der Waals surface area (Å²) in [6.07, 6.45) is 1.43. The Morgan fingerprint density at radius 1 is 1.07 bits per heavy atom. The number of nitrogens with zero attached hydrogens (tertiary/aromatic N) is 1.